The molecular formula is C15H21ClO3. The Bertz CT molecular complexity index is 431. The normalized spacial score (nSPS) is 21.4. The SMILES string of the molecule is COc1ccc(OCC2CCC(C)(C)O2)c(CCl)c1. The van der Waals surface area contributed by atoms with Gasteiger partial charge in [0.15, 0.2) is 0 Å². The number of methoxy groups -OCH3 is 1. The van der Waals surface area contributed by atoms with Crippen molar-refractivity contribution in [3.05, 3.63) is 23.8 Å². The van der Waals surface area contributed by atoms with Gasteiger partial charge in [-0.05, 0) is 44.9 Å². The van der Waals surface area contributed by atoms with Gasteiger partial charge in [-0.3, -0.25) is 0 Å². The average Bonchev–Trinajstić information content (AvgIpc) is 2.75. The molecule has 0 aliphatic carbocycles. The van der Waals surface area contributed by atoms with Gasteiger partial charge in [-0.2, -0.15) is 0 Å². The van der Waals surface area contributed by atoms with E-state index in [4.69, 9.17) is 25.8 Å². The van der Waals surface area contributed by atoms with E-state index in [0.29, 0.717) is 12.5 Å². The van der Waals surface area contributed by atoms with Crippen molar-refractivity contribution in [3.8, 4) is 11.5 Å². The van der Waals surface area contributed by atoms with Gasteiger partial charge in [-0.1, -0.05) is 0 Å². The summed E-state index contributed by atoms with van der Waals surface area (Å²) in [6.07, 6.45) is 2.28. The molecule has 0 aromatic heterocycles. The first-order chi connectivity index (χ1) is 9.04. The summed E-state index contributed by atoms with van der Waals surface area (Å²) in [7, 11) is 1.64. The Kier molecular flexibility index (Phi) is 4.58. The lowest BCUT2D eigenvalue weighted by Crippen LogP contribution is -2.24. The summed E-state index contributed by atoms with van der Waals surface area (Å²) in [5.74, 6) is 2.01. The van der Waals surface area contributed by atoms with E-state index in [2.05, 4.69) is 13.8 Å². The van der Waals surface area contributed by atoms with Crippen molar-refractivity contribution in [2.45, 2.75) is 44.3 Å². The molecule has 1 fully saturated rings. The molecule has 106 valence electrons. The van der Waals surface area contributed by atoms with E-state index in [1.807, 2.05) is 18.2 Å². The fourth-order valence-corrected chi connectivity index (χ4v) is 2.51. The highest BCUT2D eigenvalue weighted by atomic mass is 35.5. The van der Waals surface area contributed by atoms with Gasteiger partial charge in [-0.25, -0.2) is 0 Å². The molecule has 1 aromatic carbocycles. The molecule has 0 radical (unpaired) electrons. The number of alkyl halides is 1. The zero-order chi connectivity index (χ0) is 13.9. The Hall–Kier alpha value is -0.930. The molecule has 19 heavy (non-hydrogen) atoms. The van der Waals surface area contributed by atoms with E-state index < -0.39 is 0 Å². The second-order valence-electron chi connectivity index (χ2n) is 5.46. The molecule has 1 unspecified atom stereocenters. The summed E-state index contributed by atoms with van der Waals surface area (Å²) in [6, 6.07) is 5.68. The zero-order valence-corrected chi connectivity index (χ0v) is 12.5. The van der Waals surface area contributed by atoms with Crippen LogP contribution in [-0.4, -0.2) is 25.4 Å². The summed E-state index contributed by atoms with van der Waals surface area (Å²) in [5.41, 5.74) is 0.918. The van der Waals surface area contributed by atoms with Crippen LogP contribution < -0.4 is 9.47 Å². The standard InChI is InChI=1S/C15H21ClO3/c1-15(2)7-6-13(19-15)10-18-14-5-4-12(17-3)8-11(14)9-16/h4-5,8,13H,6-7,9-10H2,1-3H3. The molecule has 1 aliphatic rings. The van der Waals surface area contributed by atoms with Crippen molar-refractivity contribution in [3.63, 3.8) is 0 Å². The third-order valence-electron chi connectivity index (χ3n) is 3.39. The first kappa shape index (κ1) is 14.5. The molecule has 1 atom stereocenters. The lowest BCUT2D eigenvalue weighted by molar-refractivity contribution is -0.0327. The summed E-state index contributed by atoms with van der Waals surface area (Å²) in [4.78, 5) is 0. The second-order valence-corrected chi connectivity index (χ2v) is 5.72. The number of hydrogen-bond donors (Lipinski definition) is 0. The summed E-state index contributed by atoms with van der Waals surface area (Å²) in [6.45, 7) is 4.80. The van der Waals surface area contributed by atoms with Crippen LogP contribution >= 0.6 is 11.6 Å². The Morgan fingerprint density at radius 2 is 2.21 bits per heavy atom. The molecule has 3 nitrogen and oxygen atoms in total. The van der Waals surface area contributed by atoms with Gasteiger partial charge in [0.2, 0.25) is 0 Å². The minimum Gasteiger partial charge on any atom is -0.497 e. The maximum atomic E-state index is 5.93. The van der Waals surface area contributed by atoms with Gasteiger partial charge < -0.3 is 14.2 Å². The van der Waals surface area contributed by atoms with E-state index in [1.165, 1.54) is 0 Å². The highest BCUT2D eigenvalue weighted by Gasteiger charge is 2.31. The predicted octanol–water partition coefficient (Wildman–Crippen LogP) is 3.77. The van der Waals surface area contributed by atoms with Crippen molar-refractivity contribution in [2.75, 3.05) is 13.7 Å². The van der Waals surface area contributed by atoms with Crippen molar-refractivity contribution >= 4 is 11.6 Å². The minimum atomic E-state index is -0.0246. The van der Waals surface area contributed by atoms with Crippen LogP contribution in [0.5, 0.6) is 11.5 Å². The smallest absolute Gasteiger partial charge is 0.124 e. The van der Waals surface area contributed by atoms with Crippen molar-refractivity contribution in [1.82, 2.24) is 0 Å². The monoisotopic (exact) mass is 284 g/mol. The molecule has 0 bridgehead atoms. The highest BCUT2D eigenvalue weighted by molar-refractivity contribution is 6.17. The molecule has 4 heteroatoms. The van der Waals surface area contributed by atoms with E-state index in [9.17, 15) is 0 Å². The highest BCUT2D eigenvalue weighted by Crippen LogP contribution is 2.31. The third kappa shape index (κ3) is 3.77. The number of ether oxygens (including phenoxy) is 3. The quantitative estimate of drug-likeness (QED) is 0.770. The summed E-state index contributed by atoms with van der Waals surface area (Å²) in [5, 5.41) is 0. The predicted molar refractivity (Wildman–Crippen MR) is 76.2 cm³/mol. The average molecular weight is 285 g/mol. The van der Waals surface area contributed by atoms with Crippen molar-refractivity contribution in [1.29, 1.82) is 0 Å². The summed E-state index contributed by atoms with van der Waals surface area (Å²) < 4.78 is 16.9. The Morgan fingerprint density at radius 3 is 2.79 bits per heavy atom. The lowest BCUT2D eigenvalue weighted by Gasteiger charge is -2.20. The molecule has 1 heterocycles. The topological polar surface area (TPSA) is 27.7 Å². The maximum Gasteiger partial charge on any atom is 0.124 e. The number of hydrogen-bond acceptors (Lipinski definition) is 3. The van der Waals surface area contributed by atoms with Crippen LogP contribution in [0.25, 0.3) is 0 Å². The van der Waals surface area contributed by atoms with Crippen molar-refractivity contribution < 1.29 is 14.2 Å². The molecule has 1 aromatic rings. The maximum absolute atomic E-state index is 5.93. The van der Waals surface area contributed by atoms with Crippen LogP contribution in [0, 0.1) is 0 Å². The van der Waals surface area contributed by atoms with Gasteiger partial charge in [-0.15, -0.1) is 11.6 Å². The van der Waals surface area contributed by atoms with E-state index in [1.54, 1.807) is 7.11 Å². The van der Waals surface area contributed by atoms with Crippen LogP contribution in [0.3, 0.4) is 0 Å². The van der Waals surface area contributed by atoms with E-state index >= 15 is 0 Å². The Morgan fingerprint density at radius 1 is 1.42 bits per heavy atom. The Balaban J connectivity index is 1.96. The van der Waals surface area contributed by atoms with Gasteiger partial charge in [0.1, 0.15) is 18.1 Å². The first-order valence-electron chi connectivity index (χ1n) is 6.57. The number of rotatable bonds is 5. The summed E-state index contributed by atoms with van der Waals surface area (Å²) >= 11 is 5.93. The molecule has 0 N–H and O–H groups in total. The molecule has 2 rings (SSSR count). The largest absolute Gasteiger partial charge is 0.497 e. The number of halogens is 1. The van der Waals surface area contributed by atoms with Gasteiger partial charge >= 0.3 is 0 Å². The molecule has 1 saturated heterocycles. The van der Waals surface area contributed by atoms with Crippen LogP contribution in [0.15, 0.2) is 18.2 Å². The van der Waals surface area contributed by atoms with Gasteiger partial charge in [0.05, 0.1) is 24.7 Å². The fraction of sp³-hybridized carbons (Fsp3) is 0.600. The molecule has 0 amide bonds. The van der Waals surface area contributed by atoms with E-state index in [-0.39, 0.29) is 11.7 Å². The van der Waals surface area contributed by atoms with Crippen LogP contribution in [0.1, 0.15) is 32.3 Å². The van der Waals surface area contributed by atoms with Crippen LogP contribution in [0.2, 0.25) is 0 Å². The Labute approximate surface area is 119 Å². The molecule has 0 spiro atoms. The lowest BCUT2D eigenvalue weighted by atomic mass is 10.1. The molecule has 0 saturated carbocycles. The zero-order valence-electron chi connectivity index (χ0n) is 11.7. The molecule has 1 aliphatic heterocycles. The van der Waals surface area contributed by atoms with E-state index in [0.717, 1.165) is 29.9 Å². The first-order valence-corrected chi connectivity index (χ1v) is 7.11. The molecular weight excluding hydrogens is 264 g/mol. The van der Waals surface area contributed by atoms with Gasteiger partial charge in [0, 0.05) is 5.56 Å². The van der Waals surface area contributed by atoms with Crippen LogP contribution in [-0.2, 0) is 10.6 Å². The fourth-order valence-electron chi connectivity index (χ4n) is 2.31. The van der Waals surface area contributed by atoms with Gasteiger partial charge in [0.25, 0.3) is 0 Å². The second kappa shape index (κ2) is 6.02. The van der Waals surface area contributed by atoms with Crippen LogP contribution in [0.4, 0.5) is 0 Å². The van der Waals surface area contributed by atoms with Crippen molar-refractivity contribution in [2.24, 2.45) is 0 Å². The minimum absolute atomic E-state index is 0.0246. The number of benzene rings is 1. The third-order valence-corrected chi connectivity index (χ3v) is 3.68.